The Labute approximate surface area is 133 Å². The molecule has 0 atom stereocenters. The van der Waals surface area contributed by atoms with Gasteiger partial charge in [-0.05, 0) is 49.1 Å². The van der Waals surface area contributed by atoms with E-state index in [0.29, 0.717) is 42.7 Å². The molecule has 4 nitrogen and oxygen atoms in total. The molecule has 1 aliphatic carbocycles. The van der Waals surface area contributed by atoms with E-state index >= 15 is 0 Å². The van der Waals surface area contributed by atoms with Gasteiger partial charge in [0.05, 0.1) is 6.33 Å². The third-order valence-corrected chi connectivity index (χ3v) is 4.00. The van der Waals surface area contributed by atoms with E-state index in [-0.39, 0.29) is 12.4 Å². The predicted octanol–water partition coefficient (Wildman–Crippen LogP) is 4.08. The molecule has 1 aliphatic rings. The van der Waals surface area contributed by atoms with Crippen LogP contribution in [0.2, 0.25) is 0 Å². The summed E-state index contributed by atoms with van der Waals surface area (Å²) in [4.78, 5) is 4.32. The molecule has 0 aliphatic heterocycles. The van der Waals surface area contributed by atoms with Crippen molar-refractivity contribution in [2.45, 2.75) is 31.9 Å². The largest absolute Gasteiger partial charge is 0.489 e. The summed E-state index contributed by atoms with van der Waals surface area (Å²) in [5.41, 5.74) is 0.0956. The van der Waals surface area contributed by atoms with Gasteiger partial charge in [0.1, 0.15) is 12.4 Å². The van der Waals surface area contributed by atoms with Gasteiger partial charge in [0.2, 0.25) is 0 Å². The standard InChI is InChI=1S/C17H19F2N3O/c1-3-12(10-18)11-23-14-6-4-13(5-7-14)15-20-16(21-22(15)2)17(19)8-9-17/h4-7,10H,3,8-9,11H2,1-2H3/b12-10+. The van der Waals surface area contributed by atoms with Crippen LogP contribution in [0.3, 0.4) is 0 Å². The SMILES string of the molecule is CC/C(=C\F)COc1ccc(-c2nc(C3(F)CC3)nn2C)cc1. The van der Waals surface area contributed by atoms with Gasteiger partial charge in [0.15, 0.2) is 17.3 Å². The molecule has 1 heterocycles. The molecule has 0 unspecified atom stereocenters. The molecule has 0 radical (unpaired) electrons. The maximum absolute atomic E-state index is 14.1. The van der Waals surface area contributed by atoms with E-state index in [2.05, 4.69) is 10.1 Å². The smallest absolute Gasteiger partial charge is 0.188 e. The molecular formula is C17H19F2N3O. The molecule has 3 rings (SSSR count). The maximum atomic E-state index is 14.1. The summed E-state index contributed by atoms with van der Waals surface area (Å²) in [6.45, 7) is 2.10. The summed E-state index contributed by atoms with van der Waals surface area (Å²) in [6.07, 6.45) is 2.18. The summed E-state index contributed by atoms with van der Waals surface area (Å²) < 4.78 is 33.7. The lowest BCUT2D eigenvalue weighted by Gasteiger charge is -2.08. The van der Waals surface area contributed by atoms with Crippen molar-refractivity contribution in [3.8, 4) is 17.1 Å². The average molecular weight is 319 g/mol. The van der Waals surface area contributed by atoms with E-state index in [1.165, 1.54) is 0 Å². The quantitative estimate of drug-likeness (QED) is 0.805. The monoisotopic (exact) mass is 319 g/mol. The molecule has 2 aromatic rings. The van der Waals surface area contributed by atoms with Gasteiger partial charge in [-0.1, -0.05) is 6.92 Å². The molecule has 122 valence electrons. The Balaban J connectivity index is 1.73. The fourth-order valence-electron chi connectivity index (χ4n) is 2.25. The van der Waals surface area contributed by atoms with Gasteiger partial charge in [-0.25, -0.2) is 18.4 Å². The number of alkyl halides is 1. The number of benzene rings is 1. The van der Waals surface area contributed by atoms with Crippen LogP contribution < -0.4 is 4.74 Å². The Morgan fingerprint density at radius 3 is 2.61 bits per heavy atom. The van der Waals surface area contributed by atoms with Crippen LogP contribution in [-0.2, 0) is 12.7 Å². The van der Waals surface area contributed by atoms with Gasteiger partial charge in [-0.3, -0.25) is 0 Å². The fraction of sp³-hybridized carbons (Fsp3) is 0.412. The van der Waals surface area contributed by atoms with Crippen LogP contribution in [0.4, 0.5) is 8.78 Å². The van der Waals surface area contributed by atoms with Crippen LogP contribution in [-0.4, -0.2) is 21.4 Å². The van der Waals surface area contributed by atoms with Crippen molar-refractivity contribution in [1.82, 2.24) is 14.8 Å². The van der Waals surface area contributed by atoms with Crippen molar-refractivity contribution in [2.24, 2.45) is 7.05 Å². The number of ether oxygens (including phenoxy) is 1. The number of nitrogens with zero attached hydrogens (tertiary/aromatic N) is 3. The zero-order chi connectivity index (χ0) is 16.4. The Kier molecular flexibility index (Phi) is 4.15. The Hall–Kier alpha value is -2.24. The number of rotatable bonds is 6. The highest BCUT2D eigenvalue weighted by molar-refractivity contribution is 5.56. The summed E-state index contributed by atoms with van der Waals surface area (Å²) in [5.74, 6) is 1.53. The minimum Gasteiger partial charge on any atom is -0.489 e. The minimum atomic E-state index is -1.34. The van der Waals surface area contributed by atoms with Crippen LogP contribution in [0.15, 0.2) is 36.2 Å². The second kappa shape index (κ2) is 6.10. The van der Waals surface area contributed by atoms with Crippen molar-refractivity contribution < 1.29 is 13.5 Å². The van der Waals surface area contributed by atoms with E-state index in [4.69, 9.17) is 4.74 Å². The van der Waals surface area contributed by atoms with Gasteiger partial charge in [-0.15, -0.1) is 0 Å². The summed E-state index contributed by atoms with van der Waals surface area (Å²) in [5, 5.41) is 4.18. The van der Waals surface area contributed by atoms with Crippen LogP contribution in [0.25, 0.3) is 11.4 Å². The fourth-order valence-corrected chi connectivity index (χ4v) is 2.25. The third kappa shape index (κ3) is 3.25. The topological polar surface area (TPSA) is 39.9 Å². The van der Waals surface area contributed by atoms with Crippen LogP contribution in [0.5, 0.6) is 5.75 Å². The summed E-state index contributed by atoms with van der Waals surface area (Å²) in [6, 6.07) is 7.26. The molecule has 0 bridgehead atoms. The van der Waals surface area contributed by atoms with E-state index in [0.717, 1.165) is 5.56 Å². The number of aromatic nitrogens is 3. The lowest BCUT2D eigenvalue weighted by Crippen LogP contribution is -2.01. The Morgan fingerprint density at radius 2 is 2.04 bits per heavy atom. The molecule has 6 heteroatoms. The number of hydrogen-bond donors (Lipinski definition) is 0. The average Bonchev–Trinajstić information content (AvgIpc) is 3.19. The Morgan fingerprint density at radius 1 is 1.35 bits per heavy atom. The number of aryl methyl sites for hydroxylation is 1. The van der Waals surface area contributed by atoms with Gasteiger partial charge in [-0.2, -0.15) is 5.10 Å². The van der Waals surface area contributed by atoms with Crippen molar-refractivity contribution in [2.75, 3.05) is 6.61 Å². The maximum Gasteiger partial charge on any atom is 0.188 e. The van der Waals surface area contributed by atoms with Gasteiger partial charge in [0.25, 0.3) is 0 Å². The zero-order valence-electron chi connectivity index (χ0n) is 13.2. The second-order valence-corrected chi connectivity index (χ2v) is 5.78. The molecule has 1 fully saturated rings. The van der Waals surface area contributed by atoms with E-state index in [9.17, 15) is 8.78 Å². The number of halogens is 2. The first-order valence-corrected chi connectivity index (χ1v) is 7.67. The lowest BCUT2D eigenvalue weighted by molar-refractivity contribution is 0.299. The number of hydrogen-bond acceptors (Lipinski definition) is 3. The third-order valence-electron chi connectivity index (χ3n) is 4.00. The highest BCUT2D eigenvalue weighted by atomic mass is 19.1. The highest BCUT2D eigenvalue weighted by Crippen LogP contribution is 2.48. The predicted molar refractivity (Wildman–Crippen MR) is 83.4 cm³/mol. The van der Waals surface area contributed by atoms with E-state index < -0.39 is 5.67 Å². The molecule has 0 amide bonds. The van der Waals surface area contributed by atoms with E-state index in [1.54, 1.807) is 23.9 Å². The first-order valence-electron chi connectivity index (χ1n) is 7.67. The zero-order valence-corrected chi connectivity index (χ0v) is 13.2. The van der Waals surface area contributed by atoms with Crippen molar-refractivity contribution in [1.29, 1.82) is 0 Å². The van der Waals surface area contributed by atoms with Gasteiger partial charge in [0, 0.05) is 12.6 Å². The molecule has 1 aromatic carbocycles. The molecule has 1 saturated carbocycles. The van der Waals surface area contributed by atoms with Crippen LogP contribution in [0, 0.1) is 0 Å². The van der Waals surface area contributed by atoms with Crippen LogP contribution in [0.1, 0.15) is 32.0 Å². The lowest BCUT2D eigenvalue weighted by atomic mass is 10.2. The summed E-state index contributed by atoms with van der Waals surface area (Å²) >= 11 is 0. The highest BCUT2D eigenvalue weighted by Gasteiger charge is 2.49. The second-order valence-electron chi connectivity index (χ2n) is 5.78. The molecule has 0 N–H and O–H groups in total. The van der Waals surface area contributed by atoms with Gasteiger partial charge < -0.3 is 4.74 Å². The first kappa shape index (κ1) is 15.6. The molecule has 0 saturated heterocycles. The molecule has 0 spiro atoms. The Bertz CT molecular complexity index is 718. The van der Waals surface area contributed by atoms with Crippen molar-refractivity contribution in [3.63, 3.8) is 0 Å². The van der Waals surface area contributed by atoms with Crippen molar-refractivity contribution >= 4 is 0 Å². The van der Waals surface area contributed by atoms with Gasteiger partial charge >= 0.3 is 0 Å². The van der Waals surface area contributed by atoms with Crippen LogP contribution >= 0.6 is 0 Å². The molecule has 23 heavy (non-hydrogen) atoms. The van der Waals surface area contributed by atoms with Crippen molar-refractivity contribution in [3.05, 3.63) is 42.0 Å². The molecular weight excluding hydrogens is 300 g/mol. The normalized spacial score (nSPS) is 16.4. The molecule has 1 aromatic heterocycles. The minimum absolute atomic E-state index is 0.227. The summed E-state index contributed by atoms with van der Waals surface area (Å²) in [7, 11) is 1.75. The first-order chi connectivity index (χ1) is 11.1. The van der Waals surface area contributed by atoms with E-state index in [1.807, 2.05) is 19.1 Å².